The molecule has 1 aromatic heterocycles. The van der Waals surface area contributed by atoms with Crippen molar-refractivity contribution in [2.75, 3.05) is 16.0 Å². The number of hydrogen-bond donors (Lipinski definition) is 3. The van der Waals surface area contributed by atoms with Gasteiger partial charge in [0.25, 0.3) is 11.8 Å². The number of nitrogens with one attached hydrogen (secondary N) is 3. The molecule has 0 saturated carbocycles. The van der Waals surface area contributed by atoms with Crippen LogP contribution in [0.4, 0.5) is 17.1 Å². The second-order valence-corrected chi connectivity index (χ2v) is 7.47. The SMILES string of the molecule is CC(C)C(=O)Nc1ccc(NC(=O)c2ccccc2NC(=O)c2ccsc2)cc1. The van der Waals surface area contributed by atoms with Crippen LogP contribution in [0.3, 0.4) is 0 Å². The van der Waals surface area contributed by atoms with Gasteiger partial charge in [-0.2, -0.15) is 11.3 Å². The molecule has 3 rings (SSSR count). The maximum Gasteiger partial charge on any atom is 0.257 e. The molecular weight excluding hydrogens is 386 g/mol. The Morgan fingerprint density at radius 1 is 0.793 bits per heavy atom. The number of amides is 3. The lowest BCUT2D eigenvalue weighted by Crippen LogP contribution is -2.18. The predicted octanol–water partition coefficient (Wildman–Crippen LogP) is 4.85. The fourth-order valence-electron chi connectivity index (χ4n) is 2.50. The first-order chi connectivity index (χ1) is 13.9. The van der Waals surface area contributed by atoms with Crippen LogP contribution in [0.1, 0.15) is 34.6 Å². The second kappa shape index (κ2) is 9.16. The number of carbonyl (C=O) groups is 3. The van der Waals surface area contributed by atoms with Crippen molar-refractivity contribution in [3.8, 4) is 0 Å². The van der Waals surface area contributed by atoms with Crippen molar-refractivity contribution in [1.82, 2.24) is 0 Å². The zero-order valence-electron chi connectivity index (χ0n) is 16.1. The van der Waals surface area contributed by atoms with Crippen LogP contribution in [-0.4, -0.2) is 17.7 Å². The van der Waals surface area contributed by atoms with Crippen LogP contribution in [0.25, 0.3) is 0 Å². The monoisotopic (exact) mass is 407 g/mol. The van der Waals surface area contributed by atoms with Gasteiger partial charge in [0, 0.05) is 22.7 Å². The maximum atomic E-state index is 12.7. The smallest absolute Gasteiger partial charge is 0.257 e. The summed E-state index contributed by atoms with van der Waals surface area (Å²) in [7, 11) is 0. The summed E-state index contributed by atoms with van der Waals surface area (Å²) in [5.41, 5.74) is 2.57. The summed E-state index contributed by atoms with van der Waals surface area (Å²) in [5, 5.41) is 12.0. The number of anilines is 3. The molecular formula is C22H21N3O3S. The highest BCUT2D eigenvalue weighted by Gasteiger charge is 2.15. The van der Waals surface area contributed by atoms with E-state index in [9.17, 15) is 14.4 Å². The minimum Gasteiger partial charge on any atom is -0.326 e. The third-order valence-electron chi connectivity index (χ3n) is 4.14. The minimum absolute atomic E-state index is 0.0722. The standard InChI is InChI=1S/C22H21N3O3S/c1-14(2)20(26)23-16-7-9-17(10-8-16)24-22(28)18-5-3-4-6-19(18)25-21(27)15-11-12-29-13-15/h3-14H,1-2H3,(H,23,26)(H,24,28)(H,25,27). The van der Waals surface area contributed by atoms with E-state index in [1.807, 2.05) is 19.2 Å². The summed E-state index contributed by atoms with van der Waals surface area (Å²) >= 11 is 1.43. The number of para-hydroxylation sites is 1. The molecule has 0 aliphatic carbocycles. The van der Waals surface area contributed by atoms with Gasteiger partial charge in [0.05, 0.1) is 16.8 Å². The molecule has 0 spiro atoms. The first kappa shape index (κ1) is 20.3. The molecule has 3 amide bonds. The van der Waals surface area contributed by atoms with Gasteiger partial charge >= 0.3 is 0 Å². The van der Waals surface area contributed by atoms with E-state index < -0.39 is 0 Å². The second-order valence-electron chi connectivity index (χ2n) is 6.69. The molecule has 0 saturated heterocycles. The van der Waals surface area contributed by atoms with E-state index in [1.165, 1.54) is 11.3 Å². The summed E-state index contributed by atoms with van der Waals surface area (Å²) < 4.78 is 0. The van der Waals surface area contributed by atoms with Gasteiger partial charge in [0.15, 0.2) is 0 Å². The van der Waals surface area contributed by atoms with Crippen molar-refractivity contribution >= 4 is 46.1 Å². The van der Waals surface area contributed by atoms with Gasteiger partial charge in [-0.05, 0) is 47.8 Å². The van der Waals surface area contributed by atoms with Crippen LogP contribution in [0.5, 0.6) is 0 Å². The normalized spacial score (nSPS) is 10.4. The zero-order chi connectivity index (χ0) is 20.8. The zero-order valence-corrected chi connectivity index (χ0v) is 16.9. The third-order valence-corrected chi connectivity index (χ3v) is 4.82. The lowest BCUT2D eigenvalue weighted by molar-refractivity contribution is -0.118. The first-order valence-electron chi connectivity index (χ1n) is 9.09. The van der Waals surface area contributed by atoms with Gasteiger partial charge in [-0.3, -0.25) is 14.4 Å². The van der Waals surface area contributed by atoms with Crippen LogP contribution >= 0.6 is 11.3 Å². The van der Waals surface area contributed by atoms with E-state index in [4.69, 9.17) is 0 Å². The van der Waals surface area contributed by atoms with Crippen molar-refractivity contribution in [2.24, 2.45) is 5.92 Å². The Kier molecular flexibility index (Phi) is 6.41. The van der Waals surface area contributed by atoms with Crippen molar-refractivity contribution in [3.63, 3.8) is 0 Å². The largest absolute Gasteiger partial charge is 0.326 e. The van der Waals surface area contributed by atoms with Crippen molar-refractivity contribution < 1.29 is 14.4 Å². The van der Waals surface area contributed by atoms with Gasteiger partial charge in [-0.15, -0.1) is 0 Å². The Balaban J connectivity index is 1.69. The fourth-order valence-corrected chi connectivity index (χ4v) is 3.14. The molecule has 0 aliphatic heterocycles. The molecule has 0 bridgehead atoms. The Hall–Kier alpha value is -3.45. The Morgan fingerprint density at radius 3 is 2.07 bits per heavy atom. The molecule has 148 valence electrons. The number of rotatable bonds is 6. The van der Waals surface area contributed by atoms with Gasteiger partial charge in [0.1, 0.15) is 0 Å². The summed E-state index contributed by atoms with van der Waals surface area (Å²) in [6.07, 6.45) is 0. The van der Waals surface area contributed by atoms with E-state index in [1.54, 1.807) is 60.0 Å². The molecule has 29 heavy (non-hydrogen) atoms. The molecule has 3 N–H and O–H groups in total. The van der Waals surface area contributed by atoms with Crippen LogP contribution in [0.2, 0.25) is 0 Å². The summed E-state index contributed by atoms with van der Waals surface area (Å²) in [4.78, 5) is 36.8. The van der Waals surface area contributed by atoms with E-state index in [0.29, 0.717) is 28.2 Å². The Labute approximate surface area is 173 Å². The highest BCUT2D eigenvalue weighted by molar-refractivity contribution is 7.08. The topological polar surface area (TPSA) is 87.3 Å². The van der Waals surface area contributed by atoms with Gasteiger partial charge in [-0.1, -0.05) is 26.0 Å². The van der Waals surface area contributed by atoms with Crippen LogP contribution in [0.15, 0.2) is 65.4 Å². The number of benzene rings is 2. The lowest BCUT2D eigenvalue weighted by Gasteiger charge is -2.12. The average molecular weight is 407 g/mol. The van der Waals surface area contributed by atoms with E-state index >= 15 is 0 Å². The fraction of sp³-hybridized carbons (Fsp3) is 0.136. The van der Waals surface area contributed by atoms with Crippen LogP contribution in [0, 0.1) is 5.92 Å². The molecule has 0 unspecified atom stereocenters. The van der Waals surface area contributed by atoms with Crippen molar-refractivity contribution in [3.05, 3.63) is 76.5 Å². The average Bonchev–Trinajstić information content (AvgIpc) is 3.25. The van der Waals surface area contributed by atoms with Gasteiger partial charge in [-0.25, -0.2) is 0 Å². The van der Waals surface area contributed by atoms with Crippen LogP contribution < -0.4 is 16.0 Å². The number of carbonyl (C=O) groups excluding carboxylic acids is 3. The Morgan fingerprint density at radius 2 is 1.45 bits per heavy atom. The molecule has 1 heterocycles. The quantitative estimate of drug-likeness (QED) is 0.546. The van der Waals surface area contributed by atoms with Gasteiger partial charge < -0.3 is 16.0 Å². The Bertz CT molecular complexity index is 1010. The molecule has 0 fully saturated rings. The molecule has 0 atom stereocenters. The summed E-state index contributed by atoms with van der Waals surface area (Å²) in [6, 6.07) is 15.4. The van der Waals surface area contributed by atoms with Crippen molar-refractivity contribution in [2.45, 2.75) is 13.8 Å². The summed E-state index contributed by atoms with van der Waals surface area (Å²) in [5.74, 6) is -0.797. The molecule has 7 heteroatoms. The highest BCUT2D eigenvalue weighted by Crippen LogP contribution is 2.20. The molecule has 2 aromatic carbocycles. The molecule has 3 aromatic rings. The maximum absolute atomic E-state index is 12.7. The first-order valence-corrected chi connectivity index (χ1v) is 10.0. The van der Waals surface area contributed by atoms with Crippen LogP contribution in [-0.2, 0) is 4.79 Å². The highest BCUT2D eigenvalue weighted by atomic mass is 32.1. The van der Waals surface area contributed by atoms with Crippen molar-refractivity contribution in [1.29, 1.82) is 0 Å². The number of hydrogen-bond acceptors (Lipinski definition) is 4. The predicted molar refractivity (Wildman–Crippen MR) is 117 cm³/mol. The molecule has 0 aliphatic rings. The lowest BCUT2D eigenvalue weighted by atomic mass is 10.1. The summed E-state index contributed by atoms with van der Waals surface area (Å²) in [6.45, 7) is 3.64. The van der Waals surface area contributed by atoms with Gasteiger partial charge in [0.2, 0.25) is 5.91 Å². The van der Waals surface area contributed by atoms with E-state index in [0.717, 1.165) is 0 Å². The van der Waals surface area contributed by atoms with E-state index in [2.05, 4.69) is 16.0 Å². The number of thiophene rings is 1. The molecule has 0 radical (unpaired) electrons. The van der Waals surface area contributed by atoms with E-state index in [-0.39, 0.29) is 23.6 Å². The molecule has 6 nitrogen and oxygen atoms in total. The minimum atomic E-state index is -0.342. The third kappa shape index (κ3) is 5.30.